The maximum absolute atomic E-state index is 10.3. The normalized spacial score (nSPS) is 13.8. The third-order valence-electron chi connectivity index (χ3n) is 3.57. The van der Waals surface area contributed by atoms with Crippen molar-refractivity contribution in [2.45, 2.75) is 31.9 Å². The van der Waals surface area contributed by atoms with E-state index in [4.69, 9.17) is 4.74 Å². The standard InChI is InChI=1S/C14H23NO2/c1-14(2,15(3)4)13(16)10-11-8-6-7-9-12(11)17-5/h6-9,13,16H,10H2,1-5H3. The molecule has 3 nitrogen and oxygen atoms in total. The molecule has 0 saturated heterocycles. The largest absolute Gasteiger partial charge is 0.496 e. The van der Waals surface area contributed by atoms with Crippen LogP contribution in [0.2, 0.25) is 0 Å². The average molecular weight is 237 g/mol. The number of benzene rings is 1. The molecule has 0 bridgehead atoms. The highest BCUT2D eigenvalue weighted by Gasteiger charge is 2.30. The number of ether oxygens (including phenoxy) is 1. The topological polar surface area (TPSA) is 32.7 Å². The fraction of sp³-hybridized carbons (Fsp3) is 0.571. The number of rotatable bonds is 5. The SMILES string of the molecule is COc1ccccc1CC(O)C(C)(C)N(C)C. The molecule has 0 amide bonds. The summed E-state index contributed by atoms with van der Waals surface area (Å²) < 4.78 is 5.29. The van der Waals surface area contributed by atoms with E-state index in [2.05, 4.69) is 0 Å². The van der Waals surface area contributed by atoms with Crippen molar-refractivity contribution in [2.75, 3.05) is 21.2 Å². The molecular formula is C14H23NO2. The molecule has 3 heteroatoms. The number of hydrogen-bond acceptors (Lipinski definition) is 3. The second-order valence-corrected chi connectivity index (χ2v) is 5.08. The fourth-order valence-electron chi connectivity index (χ4n) is 1.63. The molecular weight excluding hydrogens is 214 g/mol. The van der Waals surface area contributed by atoms with Crippen molar-refractivity contribution in [3.8, 4) is 5.75 Å². The van der Waals surface area contributed by atoms with E-state index < -0.39 is 6.10 Å². The maximum atomic E-state index is 10.3. The quantitative estimate of drug-likeness (QED) is 0.849. The van der Waals surface area contributed by atoms with E-state index in [1.807, 2.05) is 57.1 Å². The third-order valence-corrected chi connectivity index (χ3v) is 3.57. The Hall–Kier alpha value is -1.06. The number of likely N-dealkylation sites (N-methyl/N-ethyl adjacent to an activating group) is 1. The van der Waals surface area contributed by atoms with Gasteiger partial charge in [-0.1, -0.05) is 18.2 Å². The van der Waals surface area contributed by atoms with Gasteiger partial charge in [-0.15, -0.1) is 0 Å². The molecule has 0 saturated carbocycles. The van der Waals surface area contributed by atoms with Gasteiger partial charge in [-0.2, -0.15) is 0 Å². The first-order chi connectivity index (χ1) is 7.89. The fourth-order valence-corrected chi connectivity index (χ4v) is 1.63. The zero-order valence-corrected chi connectivity index (χ0v) is 11.4. The number of hydrogen-bond donors (Lipinski definition) is 1. The van der Waals surface area contributed by atoms with Gasteiger partial charge in [0.25, 0.3) is 0 Å². The Labute approximate surface area is 104 Å². The summed E-state index contributed by atoms with van der Waals surface area (Å²) in [5.74, 6) is 0.834. The molecule has 1 aromatic carbocycles. The second kappa shape index (κ2) is 5.52. The summed E-state index contributed by atoms with van der Waals surface area (Å²) in [6.07, 6.45) is 0.156. The Morgan fingerprint density at radius 1 is 1.29 bits per heavy atom. The zero-order chi connectivity index (χ0) is 13.1. The van der Waals surface area contributed by atoms with Gasteiger partial charge in [0.05, 0.1) is 13.2 Å². The molecule has 1 N–H and O–H groups in total. The monoisotopic (exact) mass is 237 g/mol. The van der Waals surface area contributed by atoms with Crippen LogP contribution in [0.5, 0.6) is 5.75 Å². The molecule has 17 heavy (non-hydrogen) atoms. The van der Waals surface area contributed by atoms with Crippen LogP contribution in [-0.4, -0.2) is 42.9 Å². The lowest BCUT2D eigenvalue weighted by molar-refractivity contribution is 0.0179. The van der Waals surface area contributed by atoms with E-state index in [-0.39, 0.29) is 5.54 Å². The van der Waals surface area contributed by atoms with Gasteiger partial charge in [0.2, 0.25) is 0 Å². The van der Waals surface area contributed by atoms with Crippen molar-refractivity contribution < 1.29 is 9.84 Å². The smallest absolute Gasteiger partial charge is 0.122 e. The minimum Gasteiger partial charge on any atom is -0.496 e. The Kier molecular flexibility index (Phi) is 4.54. The lowest BCUT2D eigenvalue weighted by Crippen LogP contribution is -2.49. The second-order valence-electron chi connectivity index (χ2n) is 5.08. The molecule has 0 aliphatic rings. The van der Waals surface area contributed by atoms with Crippen molar-refractivity contribution in [3.63, 3.8) is 0 Å². The maximum Gasteiger partial charge on any atom is 0.122 e. The van der Waals surface area contributed by atoms with Crippen molar-refractivity contribution in [1.29, 1.82) is 0 Å². The third kappa shape index (κ3) is 3.20. The van der Waals surface area contributed by atoms with E-state index in [1.165, 1.54) is 0 Å². The minimum atomic E-state index is -0.436. The number of nitrogens with zero attached hydrogens (tertiary/aromatic N) is 1. The van der Waals surface area contributed by atoms with Gasteiger partial charge in [-0.3, -0.25) is 0 Å². The molecule has 1 rings (SSSR count). The molecule has 0 aliphatic carbocycles. The summed E-state index contributed by atoms with van der Waals surface area (Å²) in [7, 11) is 5.61. The lowest BCUT2D eigenvalue weighted by Gasteiger charge is -2.37. The van der Waals surface area contributed by atoms with Crippen LogP contribution in [0.15, 0.2) is 24.3 Å². The van der Waals surface area contributed by atoms with E-state index in [0.717, 1.165) is 11.3 Å². The molecule has 1 unspecified atom stereocenters. The van der Waals surface area contributed by atoms with Crippen LogP contribution in [0.3, 0.4) is 0 Å². The summed E-state index contributed by atoms with van der Waals surface area (Å²) in [5.41, 5.74) is 0.776. The molecule has 0 heterocycles. The number of methoxy groups -OCH3 is 1. The molecule has 1 atom stereocenters. The first kappa shape index (κ1) is 14.0. The van der Waals surface area contributed by atoms with Gasteiger partial charge >= 0.3 is 0 Å². The van der Waals surface area contributed by atoms with E-state index in [0.29, 0.717) is 6.42 Å². The van der Waals surface area contributed by atoms with Crippen LogP contribution in [0.1, 0.15) is 19.4 Å². The molecule has 1 aromatic rings. The molecule has 0 radical (unpaired) electrons. The lowest BCUT2D eigenvalue weighted by atomic mass is 9.90. The summed E-state index contributed by atoms with van der Waals surface area (Å²) >= 11 is 0. The average Bonchev–Trinajstić information content (AvgIpc) is 2.29. The molecule has 0 spiro atoms. The first-order valence-electron chi connectivity index (χ1n) is 5.87. The Morgan fingerprint density at radius 3 is 2.41 bits per heavy atom. The van der Waals surface area contributed by atoms with Crippen LogP contribution in [0.4, 0.5) is 0 Å². The van der Waals surface area contributed by atoms with Crippen LogP contribution >= 0.6 is 0 Å². The zero-order valence-electron chi connectivity index (χ0n) is 11.4. The highest BCUT2D eigenvalue weighted by Crippen LogP contribution is 2.24. The van der Waals surface area contributed by atoms with Crippen LogP contribution in [-0.2, 0) is 6.42 Å². The van der Waals surface area contributed by atoms with Crippen molar-refractivity contribution in [1.82, 2.24) is 4.90 Å². The van der Waals surface area contributed by atoms with Crippen LogP contribution < -0.4 is 4.74 Å². The van der Waals surface area contributed by atoms with Gasteiger partial charge in [0.1, 0.15) is 5.75 Å². The van der Waals surface area contributed by atoms with Gasteiger partial charge < -0.3 is 14.7 Å². The number of aliphatic hydroxyl groups is 1. The van der Waals surface area contributed by atoms with E-state index >= 15 is 0 Å². The summed E-state index contributed by atoms with van der Waals surface area (Å²) in [6, 6.07) is 7.82. The Bertz CT molecular complexity index is 361. The van der Waals surface area contributed by atoms with Gasteiger partial charge in [0, 0.05) is 12.0 Å². The first-order valence-corrected chi connectivity index (χ1v) is 5.87. The van der Waals surface area contributed by atoms with Gasteiger partial charge in [-0.05, 0) is 39.6 Å². The predicted molar refractivity (Wildman–Crippen MR) is 70.5 cm³/mol. The van der Waals surface area contributed by atoms with Crippen LogP contribution in [0, 0.1) is 0 Å². The van der Waals surface area contributed by atoms with Crippen molar-refractivity contribution in [2.24, 2.45) is 0 Å². The molecule has 96 valence electrons. The molecule has 0 fully saturated rings. The van der Waals surface area contributed by atoms with Crippen molar-refractivity contribution >= 4 is 0 Å². The highest BCUT2D eigenvalue weighted by atomic mass is 16.5. The predicted octanol–water partition coefficient (Wildman–Crippen LogP) is 1.94. The van der Waals surface area contributed by atoms with Crippen LogP contribution in [0.25, 0.3) is 0 Å². The van der Waals surface area contributed by atoms with Crippen molar-refractivity contribution in [3.05, 3.63) is 29.8 Å². The summed E-state index contributed by atoms with van der Waals surface area (Å²) in [5, 5.41) is 10.3. The number of aliphatic hydroxyl groups excluding tert-OH is 1. The molecule has 0 aliphatic heterocycles. The Balaban J connectivity index is 2.84. The summed E-state index contributed by atoms with van der Waals surface area (Å²) in [6.45, 7) is 4.07. The molecule has 0 aromatic heterocycles. The van der Waals surface area contributed by atoms with Gasteiger partial charge in [0.15, 0.2) is 0 Å². The highest BCUT2D eigenvalue weighted by molar-refractivity contribution is 5.34. The number of para-hydroxylation sites is 1. The van der Waals surface area contributed by atoms with E-state index in [9.17, 15) is 5.11 Å². The Morgan fingerprint density at radius 2 is 1.88 bits per heavy atom. The van der Waals surface area contributed by atoms with E-state index in [1.54, 1.807) is 7.11 Å². The van der Waals surface area contributed by atoms with Gasteiger partial charge in [-0.25, -0.2) is 0 Å². The summed E-state index contributed by atoms with van der Waals surface area (Å²) in [4.78, 5) is 2.03. The minimum absolute atomic E-state index is 0.263.